The summed E-state index contributed by atoms with van der Waals surface area (Å²) in [5.41, 5.74) is 4.85. The van der Waals surface area contributed by atoms with Gasteiger partial charge in [-0.15, -0.1) is 0 Å². The molecule has 2 aromatic heterocycles. The van der Waals surface area contributed by atoms with Gasteiger partial charge in [-0.3, -0.25) is 8.77 Å². The van der Waals surface area contributed by atoms with Gasteiger partial charge >= 0.3 is 0 Å². The molecule has 0 saturated carbocycles. The van der Waals surface area contributed by atoms with Crippen LogP contribution in [0, 0.1) is 6.92 Å². The number of halogens is 1. The first kappa shape index (κ1) is 13.2. The van der Waals surface area contributed by atoms with Crippen LogP contribution in [-0.2, 0) is 17.8 Å². The molecule has 1 amide bonds. The average molecular weight is 387 g/mol. The molecule has 1 aliphatic rings. The summed E-state index contributed by atoms with van der Waals surface area (Å²) in [7, 11) is 1.63. The minimum atomic E-state index is 0.142. The van der Waals surface area contributed by atoms with Crippen LogP contribution in [0.15, 0.2) is 12.4 Å². The van der Waals surface area contributed by atoms with Gasteiger partial charge < -0.3 is 4.90 Å². The zero-order valence-electron chi connectivity index (χ0n) is 10.8. The van der Waals surface area contributed by atoms with Crippen molar-refractivity contribution in [1.29, 1.82) is 0 Å². The van der Waals surface area contributed by atoms with Crippen LogP contribution in [0.4, 0.5) is 0 Å². The van der Waals surface area contributed by atoms with Crippen molar-refractivity contribution >= 4 is 47.3 Å². The summed E-state index contributed by atoms with van der Waals surface area (Å²) in [4.78, 5) is 18.0. The molecule has 0 spiro atoms. The number of amides is 1. The van der Waals surface area contributed by atoms with Gasteiger partial charge in [-0.25, -0.2) is 4.98 Å². The molecular formula is C13H14IN3OS. The molecule has 0 N–H and O–H groups in total. The van der Waals surface area contributed by atoms with Crippen molar-refractivity contribution in [3.05, 3.63) is 29.1 Å². The van der Waals surface area contributed by atoms with Crippen LogP contribution in [0.2, 0.25) is 0 Å². The number of rotatable bonds is 1. The lowest BCUT2D eigenvalue weighted by Crippen LogP contribution is -2.34. The fraction of sp³-hybridized carbons (Fsp3) is 0.385. The monoisotopic (exact) mass is 387 g/mol. The Kier molecular flexibility index (Phi) is 3.46. The normalized spacial score (nSPS) is 14.8. The Bertz CT molecular complexity index is 667. The fourth-order valence-electron chi connectivity index (χ4n) is 2.73. The van der Waals surface area contributed by atoms with Gasteiger partial charge in [0, 0.05) is 68.1 Å². The Hall–Kier alpha value is -0.760. The third kappa shape index (κ3) is 2.14. The third-order valence-corrected chi connectivity index (χ3v) is 5.38. The number of carbonyl (C=O) groups excluding carboxylic acids is 1. The van der Waals surface area contributed by atoms with Crippen molar-refractivity contribution in [2.75, 3.05) is 6.54 Å². The number of nitrogens with zero attached hydrogens (tertiary/aromatic N) is 3. The lowest BCUT2D eigenvalue weighted by molar-refractivity contribution is -0.129. The first-order valence-corrected chi connectivity index (χ1v) is 9.46. The first-order chi connectivity index (χ1) is 9.11. The SMILES string of the molecule is CC(=O)N1CCc2c(cnc3c2c(C)cn3SI)C1. The number of hydrogen-bond acceptors (Lipinski definition) is 3. The van der Waals surface area contributed by atoms with Gasteiger partial charge in [-0.05, 0) is 30.0 Å². The maximum atomic E-state index is 11.5. The molecule has 0 radical (unpaired) electrons. The van der Waals surface area contributed by atoms with Gasteiger partial charge in [0.05, 0.1) is 0 Å². The Morgan fingerprint density at radius 3 is 3.00 bits per heavy atom. The molecule has 0 atom stereocenters. The zero-order chi connectivity index (χ0) is 13.6. The van der Waals surface area contributed by atoms with E-state index in [4.69, 9.17) is 0 Å². The molecule has 0 aromatic carbocycles. The maximum absolute atomic E-state index is 11.5. The number of carbonyl (C=O) groups is 1. The van der Waals surface area contributed by atoms with E-state index in [1.807, 2.05) is 11.1 Å². The number of hydrogen-bond donors (Lipinski definition) is 0. The van der Waals surface area contributed by atoms with Crippen molar-refractivity contribution in [2.24, 2.45) is 0 Å². The van der Waals surface area contributed by atoms with Gasteiger partial charge in [-0.2, -0.15) is 0 Å². The van der Waals surface area contributed by atoms with Crippen LogP contribution >= 0.6 is 30.3 Å². The van der Waals surface area contributed by atoms with Crippen LogP contribution in [0.3, 0.4) is 0 Å². The topological polar surface area (TPSA) is 38.1 Å². The summed E-state index contributed by atoms with van der Waals surface area (Å²) in [5, 5.41) is 1.27. The highest BCUT2D eigenvalue weighted by Gasteiger charge is 2.22. The quantitative estimate of drug-likeness (QED) is 0.706. The van der Waals surface area contributed by atoms with Gasteiger partial charge in [0.2, 0.25) is 5.91 Å². The molecular weight excluding hydrogens is 373 g/mol. The molecule has 3 heterocycles. The van der Waals surface area contributed by atoms with E-state index in [0.717, 1.165) is 18.6 Å². The Balaban J connectivity index is 2.15. The number of pyridine rings is 1. The largest absolute Gasteiger partial charge is 0.338 e. The van der Waals surface area contributed by atoms with E-state index in [1.54, 1.807) is 16.0 Å². The van der Waals surface area contributed by atoms with E-state index in [1.165, 1.54) is 22.1 Å². The van der Waals surface area contributed by atoms with E-state index < -0.39 is 0 Å². The third-order valence-electron chi connectivity index (χ3n) is 3.68. The molecule has 19 heavy (non-hydrogen) atoms. The second-order valence-electron chi connectivity index (χ2n) is 4.86. The van der Waals surface area contributed by atoms with Crippen LogP contribution in [0.5, 0.6) is 0 Å². The minimum Gasteiger partial charge on any atom is -0.338 e. The minimum absolute atomic E-state index is 0.142. The molecule has 1 aliphatic heterocycles. The van der Waals surface area contributed by atoms with Crippen LogP contribution in [-0.4, -0.2) is 26.3 Å². The summed E-state index contributed by atoms with van der Waals surface area (Å²) in [6.45, 7) is 5.26. The van der Waals surface area contributed by atoms with Gasteiger partial charge in [0.1, 0.15) is 0 Å². The molecule has 3 rings (SSSR count). The molecule has 4 nitrogen and oxygen atoms in total. The summed E-state index contributed by atoms with van der Waals surface area (Å²) in [5.74, 6) is 0.142. The van der Waals surface area contributed by atoms with Crippen molar-refractivity contribution in [3.63, 3.8) is 0 Å². The van der Waals surface area contributed by atoms with Crippen LogP contribution < -0.4 is 0 Å². The lowest BCUT2D eigenvalue weighted by atomic mass is 9.97. The fourth-order valence-corrected chi connectivity index (χ4v) is 4.04. The Labute approximate surface area is 128 Å². The molecule has 0 bridgehead atoms. The molecule has 6 heteroatoms. The zero-order valence-corrected chi connectivity index (χ0v) is 13.8. The summed E-state index contributed by atoms with van der Waals surface area (Å²) < 4.78 is 2.10. The highest BCUT2D eigenvalue weighted by atomic mass is 127. The standard InChI is InChI=1S/C13H14IN3OS/c1-8-6-17(19-14)13-12(8)11-3-4-16(9(2)18)7-10(11)5-15-13/h5-6H,3-4,7H2,1-2H3. The van der Waals surface area contributed by atoms with Crippen molar-refractivity contribution in [3.8, 4) is 0 Å². The molecule has 0 saturated heterocycles. The predicted octanol–water partition coefficient (Wildman–Crippen LogP) is 3.10. The van der Waals surface area contributed by atoms with Crippen LogP contribution in [0.25, 0.3) is 11.0 Å². The van der Waals surface area contributed by atoms with E-state index in [-0.39, 0.29) is 5.91 Å². The predicted molar refractivity (Wildman–Crippen MR) is 86.3 cm³/mol. The van der Waals surface area contributed by atoms with Crippen LogP contribution in [0.1, 0.15) is 23.6 Å². The molecule has 2 aromatic rings. The highest BCUT2D eigenvalue weighted by molar-refractivity contribution is 14.2. The Morgan fingerprint density at radius 2 is 2.32 bits per heavy atom. The Morgan fingerprint density at radius 1 is 1.53 bits per heavy atom. The average Bonchev–Trinajstić information content (AvgIpc) is 2.75. The molecule has 0 aliphatic carbocycles. The van der Waals surface area contributed by atoms with Gasteiger partial charge in [0.15, 0.2) is 5.65 Å². The molecule has 0 fully saturated rings. The second kappa shape index (κ2) is 4.97. The first-order valence-electron chi connectivity index (χ1n) is 6.15. The van der Waals surface area contributed by atoms with Gasteiger partial charge in [-0.1, -0.05) is 0 Å². The van der Waals surface area contributed by atoms with E-state index >= 15 is 0 Å². The van der Waals surface area contributed by atoms with E-state index in [2.05, 4.69) is 43.3 Å². The highest BCUT2D eigenvalue weighted by Crippen LogP contribution is 2.32. The van der Waals surface area contributed by atoms with E-state index in [9.17, 15) is 4.79 Å². The lowest BCUT2D eigenvalue weighted by Gasteiger charge is -2.28. The smallest absolute Gasteiger partial charge is 0.219 e. The number of aromatic nitrogens is 2. The van der Waals surface area contributed by atoms with Crippen molar-refractivity contribution < 1.29 is 4.79 Å². The van der Waals surface area contributed by atoms with E-state index in [0.29, 0.717) is 6.54 Å². The summed E-state index contributed by atoms with van der Waals surface area (Å²) in [6.07, 6.45) is 4.98. The second-order valence-corrected chi connectivity index (χ2v) is 6.57. The maximum Gasteiger partial charge on any atom is 0.219 e. The number of fused-ring (bicyclic) bond motifs is 3. The molecule has 0 unspecified atom stereocenters. The summed E-state index contributed by atoms with van der Waals surface area (Å²) in [6, 6.07) is 0. The summed E-state index contributed by atoms with van der Waals surface area (Å²) >= 11 is 2.27. The van der Waals surface area contributed by atoms with Crippen molar-refractivity contribution in [2.45, 2.75) is 26.8 Å². The molecule has 100 valence electrons. The van der Waals surface area contributed by atoms with Gasteiger partial charge in [0.25, 0.3) is 0 Å². The number of aryl methyl sites for hydroxylation is 1. The van der Waals surface area contributed by atoms with Crippen molar-refractivity contribution in [1.82, 2.24) is 13.9 Å².